The van der Waals surface area contributed by atoms with E-state index in [1.807, 2.05) is 60.7 Å². The first kappa shape index (κ1) is 20.4. The number of carbonyl (C=O) groups is 2. The quantitative estimate of drug-likeness (QED) is 0.450. The summed E-state index contributed by atoms with van der Waals surface area (Å²) in [5.74, 6) is 0.0540. The van der Waals surface area contributed by atoms with Crippen LogP contribution in [0.25, 0.3) is 22.0 Å². The van der Waals surface area contributed by atoms with E-state index in [0.717, 1.165) is 16.1 Å². The SMILES string of the molecule is Cc1nc(-c2ccccc2)sc1C(=O)NNC(=O)CCc1nc(-c2ccccc2)no1. The Bertz CT molecular complexity index is 1190. The summed E-state index contributed by atoms with van der Waals surface area (Å²) < 4.78 is 5.19. The van der Waals surface area contributed by atoms with Crippen molar-refractivity contribution in [1.29, 1.82) is 0 Å². The Balaban J connectivity index is 1.29. The molecule has 0 aliphatic heterocycles. The first-order valence-electron chi connectivity index (χ1n) is 9.60. The molecule has 0 atom stereocenters. The molecule has 0 spiro atoms. The van der Waals surface area contributed by atoms with Crippen molar-refractivity contribution in [2.24, 2.45) is 0 Å². The molecule has 2 aromatic heterocycles. The van der Waals surface area contributed by atoms with Gasteiger partial charge in [-0.1, -0.05) is 65.8 Å². The molecule has 8 nitrogen and oxygen atoms in total. The van der Waals surface area contributed by atoms with Crippen LogP contribution in [0.2, 0.25) is 0 Å². The van der Waals surface area contributed by atoms with Crippen LogP contribution in [0.3, 0.4) is 0 Å². The van der Waals surface area contributed by atoms with Crippen LogP contribution >= 0.6 is 11.3 Å². The third kappa shape index (κ3) is 5.01. The van der Waals surface area contributed by atoms with Gasteiger partial charge < -0.3 is 4.52 Å². The van der Waals surface area contributed by atoms with E-state index in [1.54, 1.807) is 6.92 Å². The minimum atomic E-state index is -0.408. The van der Waals surface area contributed by atoms with E-state index in [0.29, 0.717) is 22.3 Å². The molecule has 2 amide bonds. The molecule has 4 aromatic rings. The lowest BCUT2D eigenvalue weighted by atomic mass is 10.2. The van der Waals surface area contributed by atoms with Gasteiger partial charge in [0.25, 0.3) is 5.91 Å². The van der Waals surface area contributed by atoms with Crippen LogP contribution in [0.1, 0.15) is 27.7 Å². The first-order valence-corrected chi connectivity index (χ1v) is 10.4. The van der Waals surface area contributed by atoms with Crippen molar-refractivity contribution in [2.45, 2.75) is 19.8 Å². The van der Waals surface area contributed by atoms with Crippen LogP contribution in [-0.4, -0.2) is 26.9 Å². The van der Waals surface area contributed by atoms with Gasteiger partial charge in [-0.3, -0.25) is 20.4 Å². The highest BCUT2D eigenvalue weighted by atomic mass is 32.1. The summed E-state index contributed by atoms with van der Waals surface area (Å²) in [7, 11) is 0. The van der Waals surface area contributed by atoms with Gasteiger partial charge in [0.05, 0.1) is 5.69 Å². The van der Waals surface area contributed by atoms with E-state index in [4.69, 9.17) is 4.52 Å². The van der Waals surface area contributed by atoms with Crippen molar-refractivity contribution in [3.05, 3.63) is 77.1 Å². The molecule has 2 aromatic carbocycles. The van der Waals surface area contributed by atoms with Crippen molar-refractivity contribution < 1.29 is 14.1 Å². The number of amides is 2. The molecule has 0 aliphatic carbocycles. The molecule has 9 heteroatoms. The molecular formula is C22H19N5O3S. The summed E-state index contributed by atoms with van der Waals surface area (Å²) in [4.78, 5) is 33.7. The summed E-state index contributed by atoms with van der Waals surface area (Å²) in [6.45, 7) is 1.76. The van der Waals surface area contributed by atoms with Gasteiger partial charge in [-0.05, 0) is 6.92 Å². The number of hydrogen-bond acceptors (Lipinski definition) is 7. The Kier molecular flexibility index (Phi) is 6.13. The second kappa shape index (κ2) is 9.31. The predicted molar refractivity (Wildman–Crippen MR) is 116 cm³/mol. The number of rotatable bonds is 6. The topological polar surface area (TPSA) is 110 Å². The van der Waals surface area contributed by atoms with Crippen molar-refractivity contribution in [2.75, 3.05) is 0 Å². The standard InChI is InChI=1S/C22H19N5O3S/c1-14-19(31-22(23-14)16-10-6-3-7-11-16)21(29)26-25-17(28)12-13-18-24-20(27-30-18)15-8-4-2-5-9-15/h2-11H,12-13H2,1H3,(H,25,28)(H,26,29). The summed E-state index contributed by atoms with van der Waals surface area (Å²) in [6, 6.07) is 19.0. The highest BCUT2D eigenvalue weighted by Crippen LogP contribution is 2.27. The predicted octanol–water partition coefficient (Wildman–Crippen LogP) is 3.56. The number of aromatic nitrogens is 3. The summed E-state index contributed by atoms with van der Waals surface area (Å²) in [5.41, 5.74) is 7.23. The van der Waals surface area contributed by atoms with Gasteiger partial charge in [-0.25, -0.2) is 4.98 Å². The largest absolute Gasteiger partial charge is 0.339 e. The zero-order valence-electron chi connectivity index (χ0n) is 16.7. The monoisotopic (exact) mass is 433 g/mol. The van der Waals surface area contributed by atoms with Gasteiger partial charge in [0.15, 0.2) is 0 Å². The zero-order chi connectivity index (χ0) is 21.6. The lowest BCUT2D eigenvalue weighted by Gasteiger charge is -2.05. The molecule has 0 saturated carbocycles. The molecule has 4 rings (SSSR count). The molecule has 0 aliphatic rings. The number of nitrogens with one attached hydrogen (secondary N) is 2. The fourth-order valence-corrected chi connectivity index (χ4v) is 3.81. The van der Waals surface area contributed by atoms with Gasteiger partial charge in [0.2, 0.25) is 17.6 Å². The van der Waals surface area contributed by atoms with Crippen LogP contribution in [0.15, 0.2) is 65.2 Å². The Labute approximate surface area is 182 Å². The highest BCUT2D eigenvalue weighted by molar-refractivity contribution is 7.17. The van der Waals surface area contributed by atoms with Crippen LogP contribution in [0.5, 0.6) is 0 Å². The van der Waals surface area contributed by atoms with E-state index in [-0.39, 0.29) is 18.7 Å². The van der Waals surface area contributed by atoms with Crippen molar-refractivity contribution in [1.82, 2.24) is 26.0 Å². The number of benzene rings is 2. The third-order valence-corrected chi connectivity index (χ3v) is 5.61. The van der Waals surface area contributed by atoms with Gasteiger partial charge >= 0.3 is 0 Å². The van der Waals surface area contributed by atoms with Gasteiger partial charge in [0.1, 0.15) is 9.88 Å². The Hall–Kier alpha value is -3.85. The molecule has 156 valence electrons. The average molecular weight is 433 g/mol. The smallest absolute Gasteiger partial charge is 0.281 e. The summed E-state index contributed by atoms with van der Waals surface area (Å²) in [5, 5.41) is 4.67. The molecule has 2 heterocycles. The van der Waals surface area contributed by atoms with E-state index in [1.165, 1.54) is 11.3 Å². The molecule has 0 fully saturated rings. The maximum atomic E-state index is 12.5. The van der Waals surface area contributed by atoms with E-state index in [2.05, 4.69) is 26.0 Å². The van der Waals surface area contributed by atoms with Crippen LogP contribution in [-0.2, 0) is 11.2 Å². The maximum Gasteiger partial charge on any atom is 0.281 e. The normalized spacial score (nSPS) is 10.6. The molecule has 0 saturated heterocycles. The fourth-order valence-electron chi connectivity index (χ4n) is 2.84. The zero-order valence-corrected chi connectivity index (χ0v) is 17.5. The lowest BCUT2D eigenvalue weighted by Crippen LogP contribution is -2.41. The highest BCUT2D eigenvalue weighted by Gasteiger charge is 2.17. The number of hydrazine groups is 1. The molecule has 0 bridgehead atoms. The number of thiazole rings is 1. The molecule has 31 heavy (non-hydrogen) atoms. The summed E-state index contributed by atoms with van der Waals surface area (Å²) in [6.07, 6.45) is 0.354. The first-order chi connectivity index (χ1) is 15.1. The molecule has 2 N–H and O–H groups in total. The minimum absolute atomic E-state index is 0.0909. The summed E-state index contributed by atoms with van der Waals surface area (Å²) >= 11 is 1.28. The van der Waals surface area contributed by atoms with E-state index < -0.39 is 5.91 Å². The third-order valence-electron chi connectivity index (χ3n) is 4.41. The number of carbonyl (C=O) groups excluding carboxylic acids is 2. The van der Waals surface area contributed by atoms with Crippen molar-refractivity contribution in [3.63, 3.8) is 0 Å². The van der Waals surface area contributed by atoms with Crippen molar-refractivity contribution >= 4 is 23.2 Å². The van der Waals surface area contributed by atoms with Gasteiger partial charge in [-0.15, -0.1) is 11.3 Å². The minimum Gasteiger partial charge on any atom is -0.339 e. The lowest BCUT2D eigenvalue weighted by molar-refractivity contribution is -0.121. The Morgan fingerprint density at radius 1 is 0.935 bits per heavy atom. The second-order valence-electron chi connectivity index (χ2n) is 6.68. The number of hydrogen-bond donors (Lipinski definition) is 2. The average Bonchev–Trinajstić information content (AvgIpc) is 3.44. The Morgan fingerprint density at radius 2 is 1.61 bits per heavy atom. The van der Waals surface area contributed by atoms with Crippen molar-refractivity contribution in [3.8, 4) is 22.0 Å². The molecule has 0 radical (unpaired) electrons. The second-order valence-corrected chi connectivity index (χ2v) is 7.68. The maximum absolute atomic E-state index is 12.5. The van der Waals surface area contributed by atoms with Gasteiger partial charge in [0, 0.05) is 24.0 Å². The fraction of sp³-hybridized carbons (Fsp3) is 0.136. The molecular weight excluding hydrogens is 414 g/mol. The van der Waals surface area contributed by atoms with E-state index in [9.17, 15) is 9.59 Å². The van der Waals surface area contributed by atoms with Crippen LogP contribution < -0.4 is 10.9 Å². The van der Waals surface area contributed by atoms with Gasteiger partial charge in [-0.2, -0.15) is 4.98 Å². The van der Waals surface area contributed by atoms with Crippen LogP contribution in [0, 0.1) is 6.92 Å². The Morgan fingerprint density at radius 3 is 2.32 bits per heavy atom. The molecule has 0 unspecified atom stereocenters. The number of nitrogens with zero attached hydrogens (tertiary/aromatic N) is 3. The van der Waals surface area contributed by atoms with Crippen LogP contribution in [0.4, 0.5) is 0 Å². The number of aryl methyl sites for hydroxylation is 2. The van der Waals surface area contributed by atoms with E-state index >= 15 is 0 Å².